The Morgan fingerprint density at radius 2 is 2.00 bits per heavy atom. The number of fused-ring (bicyclic) bond motifs is 1. The number of rotatable bonds is 5. The number of sulfonamides is 1. The highest BCUT2D eigenvalue weighted by atomic mass is 32.2. The van der Waals surface area contributed by atoms with Crippen LogP contribution >= 0.6 is 0 Å². The molecule has 0 radical (unpaired) electrons. The summed E-state index contributed by atoms with van der Waals surface area (Å²) in [6.45, 7) is 3.46. The summed E-state index contributed by atoms with van der Waals surface area (Å²) in [5.41, 5.74) is 3.36. The largest absolute Gasteiger partial charge is 0.381 e. The lowest BCUT2D eigenvalue weighted by Crippen LogP contribution is -2.39. The van der Waals surface area contributed by atoms with Crippen molar-refractivity contribution in [1.82, 2.24) is 19.4 Å². The molecule has 0 amide bonds. The van der Waals surface area contributed by atoms with Crippen LogP contribution in [0.4, 0.5) is 0 Å². The molecule has 3 heterocycles. The molecule has 2 fully saturated rings. The summed E-state index contributed by atoms with van der Waals surface area (Å²) in [6, 6.07) is 0.492. The van der Waals surface area contributed by atoms with E-state index in [9.17, 15) is 8.42 Å². The second-order valence-electron chi connectivity index (χ2n) is 7.09. The van der Waals surface area contributed by atoms with E-state index in [-0.39, 0.29) is 5.25 Å². The van der Waals surface area contributed by atoms with Crippen LogP contribution in [0.5, 0.6) is 0 Å². The summed E-state index contributed by atoms with van der Waals surface area (Å²) in [4.78, 5) is 0. The standard InChI is InChI=1S/C16H26N4O3S/c1-19-16-11-20(24(21,22)13-2-3-13)7-4-14(16)15(18-19)10-17-12-5-8-23-9-6-12/h12-13,17H,2-11H2,1H3. The zero-order valence-electron chi connectivity index (χ0n) is 14.2. The van der Waals surface area contributed by atoms with Crippen LogP contribution in [0.2, 0.25) is 0 Å². The molecule has 1 saturated heterocycles. The number of aryl methyl sites for hydroxylation is 1. The zero-order chi connectivity index (χ0) is 16.7. The molecule has 2 aliphatic heterocycles. The van der Waals surface area contributed by atoms with Gasteiger partial charge in [0, 0.05) is 45.0 Å². The molecule has 1 aromatic heterocycles. The molecule has 7 nitrogen and oxygen atoms in total. The van der Waals surface area contributed by atoms with Gasteiger partial charge in [-0.05, 0) is 32.1 Å². The molecule has 3 aliphatic rings. The molecule has 4 rings (SSSR count). The topological polar surface area (TPSA) is 76.5 Å². The van der Waals surface area contributed by atoms with Crippen molar-refractivity contribution in [3.05, 3.63) is 17.0 Å². The number of hydrogen-bond acceptors (Lipinski definition) is 5. The Kier molecular flexibility index (Phi) is 4.40. The Morgan fingerprint density at radius 3 is 2.71 bits per heavy atom. The molecule has 1 saturated carbocycles. The first-order valence-corrected chi connectivity index (χ1v) is 10.4. The summed E-state index contributed by atoms with van der Waals surface area (Å²) in [7, 11) is -1.19. The third-order valence-electron chi connectivity index (χ3n) is 5.38. The van der Waals surface area contributed by atoms with Crippen LogP contribution in [0.3, 0.4) is 0 Å². The van der Waals surface area contributed by atoms with Crippen LogP contribution in [0.25, 0.3) is 0 Å². The van der Waals surface area contributed by atoms with E-state index >= 15 is 0 Å². The third kappa shape index (κ3) is 3.12. The summed E-state index contributed by atoms with van der Waals surface area (Å²) in [5, 5.41) is 8.10. The number of nitrogens with one attached hydrogen (secondary N) is 1. The van der Waals surface area contributed by atoms with Gasteiger partial charge in [-0.25, -0.2) is 8.42 Å². The average molecular weight is 354 g/mol. The monoisotopic (exact) mass is 354 g/mol. The fraction of sp³-hybridized carbons (Fsp3) is 0.812. The molecule has 1 aromatic rings. The Bertz CT molecular complexity index is 705. The minimum atomic E-state index is -3.11. The maximum absolute atomic E-state index is 12.5. The molecule has 1 aliphatic carbocycles. The molecule has 1 N–H and O–H groups in total. The predicted molar refractivity (Wildman–Crippen MR) is 89.9 cm³/mol. The maximum atomic E-state index is 12.5. The molecule has 0 bridgehead atoms. The van der Waals surface area contributed by atoms with Crippen molar-refractivity contribution >= 4 is 10.0 Å². The van der Waals surface area contributed by atoms with Crippen molar-refractivity contribution in [2.45, 2.75) is 56.5 Å². The molecule has 0 unspecified atom stereocenters. The lowest BCUT2D eigenvalue weighted by Gasteiger charge is -2.27. The van der Waals surface area contributed by atoms with Gasteiger partial charge in [-0.1, -0.05) is 0 Å². The van der Waals surface area contributed by atoms with Crippen molar-refractivity contribution in [2.24, 2.45) is 7.05 Å². The van der Waals surface area contributed by atoms with Gasteiger partial charge >= 0.3 is 0 Å². The predicted octanol–water partition coefficient (Wildman–Crippen LogP) is 0.539. The zero-order valence-corrected chi connectivity index (χ0v) is 15.0. The average Bonchev–Trinajstić information content (AvgIpc) is 3.40. The first-order valence-electron chi connectivity index (χ1n) is 8.89. The molecule has 0 spiro atoms. The van der Waals surface area contributed by atoms with Crippen LogP contribution in [0.1, 0.15) is 42.6 Å². The molecule has 134 valence electrons. The highest BCUT2D eigenvalue weighted by Crippen LogP contribution is 2.34. The molecule has 24 heavy (non-hydrogen) atoms. The van der Waals surface area contributed by atoms with E-state index < -0.39 is 10.0 Å². The summed E-state index contributed by atoms with van der Waals surface area (Å²) in [5.74, 6) is 0. The summed E-state index contributed by atoms with van der Waals surface area (Å²) < 4.78 is 33.9. The first-order chi connectivity index (χ1) is 11.6. The van der Waals surface area contributed by atoms with E-state index in [1.807, 2.05) is 11.7 Å². The smallest absolute Gasteiger partial charge is 0.217 e. The van der Waals surface area contributed by atoms with Gasteiger partial charge in [0.25, 0.3) is 0 Å². The fourth-order valence-corrected chi connectivity index (χ4v) is 5.51. The summed E-state index contributed by atoms with van der Waals surface area (Å²) >= 11 is 0. The Hall–Kier alpha value is -0.960. The van der Waals surface area contributed by atoms with E-state index in [0.717, 1.165) is 63.3 Å². The maximum Gasteiger partial charge on any atom is 0.217 e. The third-order valence-corrected chi connectivity index (χ3v) is 7.73. The van der Waals surface area contributed by atoms with Gasteiger partial charge in [0.05, 0.1) is 23.2 Å². The van der Waals surface area contributed by atoms with Crippen LogP contribution in [-0.4, -0.2) is 53.6 Å². The number of hydrogen-bond donors (Lipinski definition) is 1. The Morgan fingerprint density at radius 1 is 1.25 bits per heavy atom. The minimum absolute atomic E-state index is 0.137. The quantitative estimate of drug-likeness (QED) is 0.835. The molecule has 0 aromatic carbocycles. The summed E-state index contributed by atoms with van der Waals surface area (Å²) in [6.07, 6.45) is 4.49. The molecule has 8 heteroatoms. The van der Waals surface area contributed by atoms with E-state index in [4.69, 9.17) is 4.74 Å². The van der Waals surface area contributed by atoms with Gasteiger partial charge in [-0.2, -0.15) is 9.40 Å². The van der Waals surface area contributed by atoms with Crippen LogP contribution < -0.4 is 5.32 Å². The van der Waals surface area contributed by atoms with Crippen LogP contribution in [-0.2, 0) is 41.3 Å². The number of aromatic nitrogens is 2. The van der Waals surface area contributed by atoms with E-state index in [0.29, 0.717) is 19.1 Å². The van der Waals surface area contributed by atoms with Crippen molar-refractivity contribution in [1.29, 1.82) is 0 Å². The van der Waals surface area contributed by atoms with Gasteiger partial charge in [0.1, 0.15) is 0 Å². The molecular formula is C16H26N4O3S. The lowest BCUT2D eigenvalue weighted by atomic mass is 10.0. The SMILES string of the molecule is Cn1nc(CNC2CCOCC2)c2c1CN(S(=O)(=O)C1CC1)CC2. The van der Waals surface area contributed by atoms with Gasteiger partial charge in [-0.15, -0.1) is 0 Å². The van der Waals surface area contributed by atoms with Gasteiger partial charge in [0.2, 0.25) is 10.0 Å². The Balaban J connectivity index is 1.46. The second-order valence-corrected chi connectivity index (χ2v) is 9.30. The molecular weight excluding hydrogens is 328 g/mol. The van der Waals surface area contributed by atoms with Gasteiger partial charge in [0.15, 0.2) is 0 Å². The van der Waals surface area contributed by atoms with Crippen molar-refractivity contribution in [3.8, 4) is 0 Å². The normalized spacial score (nSPS) is 23.4. The van der Waals surface area contributed by atoms with Crippen molar-refractivity contribution in [2.75, 3.05) is 19.8 Å². The number of ether oxygens (including phenoxy) is 1. The number of nitrogens with zero attached hydrogens (tertiary/aromatic N) is 3. The lowest BCUT2D eigenvalue weighted by molar-refractivity contribution is 0.0775. The van der Waals surface area contributed by atoms with Gasteiger partial charge < -0.3 is 10.1 Å². The van der Waals surface area contributed by atoms with Crippen LogP contribution in [0.15, 0.2) is 0 Å². The second kappa shape index (κ2) is 6.40. The van der Waals surface area contributed by atoms with Crippen molar-refractivity contribution < 1.29 is 13.2 Å². The van der Waals surface area contributed by atoms with E-state index in [1.54, 1.807) is 4.31 Å². The Labute approximate surface area is 143 Å². The van der Waals surface area contributed by atoms with E-state index in [1.165, 1.54) is 5.56 Å². The highest BCUT2D eigenvalue weighted by Gasteiger charge is 2.41. The molecule has 0 atom stereocenters. The van der Waals surface area contributed by atoms with E-state index in [2.05, 4.69) is 10.4 Å². The van der Waals surface area contributed by atoms with Gasteiger partial charge in [-0.3, -0.25) is 4.68 Å². The van der Waals surface area contributed by atoms with Crippen LogP contribution in [0, 0.1) is 0 Å². The van der Waals surface area contributed by atoms with Crippen molar-refractivity contribution in [3.63, 3.8) is 0 Å². The fourth-order valence-electron chi connectivity index (χ4n) is 3.71. The first kappa shape index (κ1) is 16.5. The minimum Gasteiger partial charge on any atom is -0.381 e. The highest BCUT2D eigenvalue weighted by molar-refractivity contribution is 7.90.